The molecule has 1 aromatic heterocycles. The van der Waals surface area contributed by atoms with Crippen molar-refractivity contribution in [3.05, 3.63) is 69.9 Å². The first kappa shape index (κ1) is 26.9. The molecule has 0 unspecified atom stereocenters. The van der Waals surface area contributed by atoms with Crippen LogP contribution >= 0.6 is 0 Å². The van der Waals surface area contributed by atoms with Gasteiger partial charge in [-0.3, -0.25) is 19.6 Å². The second kappa shape index (κ2) is 12.0. The summed E-state index contributed by atoms with van der Waals surface area (Å²) in [5.41, 5.74) is 4.52. The molecule has 0 radical (unpaired) electrons. The Morgan fingerprint density at radius 1 is 1.18 bits per heavy atom. The number of hydrazine groups is 1. The third kappa shape index (κ3) is 6.23. The standard InChI is InChI=1S/C27H35N7O4/c1-5-28-12-13-29-24(35)17-33(18-25(36)32(4)34-15-21-8-6-7-9-22(21)16-34)23-14-20(11-10-19(23)2)26-30-31(3)27(37)38-26/h6-8,10-11,14,16,28H,5,9,12-13,15,17-18H2,1-4H3,(H,29,35). The van der Waals surface area contributed by atoms with E-state index in [4.69, 9.17) is 4.42 Å². The van der Waals surface area contributed by atoms with Crippen molar-refractivity contribution in [1.29, 1.82) is 0 Å². The van der Waals surface area contributed by atoms with Crippen LogP contribution in [0.3, 0.4) is 0 Å². The maximum Gasteiger partial charge on any atom is 0.437 e. The first-order valence-electron chi connectivity index (χ1n) is 12.7. The Hall–Kier alpha value is -4.12. The van der Waals surface area contributed by atoms with E-state index in [0.717, 1.165) is 23.2 Å². The molecule has 38 heavy (non-hydrogen) atoms. The predicted molar refractivity (Wildman–Crippen MR) is 145 cm³/mol. The van der Waals surface area contributed by atoms with Gasteiger partial charge in [0.05, 0.1) is 19.6 Å². The zero-order valence-electron chi connectivity index (χ0n) is 22.4. The Labute approximate surface area is 222 Å². The maximum absolute atomic E-state index is 13.5. The van der Waals surface area contributed by atoms with E-state index in [1.165, 1.54) is 18.2 Å². The van der Waals surface area contributed by atoms with Crippen LogP contribution in [0.1, 0.15) is 18.9 Å². The Morgan fingerprint density at radius 3 is 2.71 bits per heavy atom. The third-order valence-corrected chi connectivity index (χ3v) is 6.59. The van der Waals surface area contributed by atoms with Crippen molar-refractivity contribution in [1.82, 2.24) is 30.4 Å². The minimum atomic E-state index is -0.568. The van der Waals surface area contributed by atoms with Gasteiger partial charge in [0, 0.05) is 44.6 Å². The molecule has 0 fully saturated rings. The molecule has 11 nitrogen and oxygen atoms in total. The summed E-state index contributed by atoms with van der Waals surface area (Å²) in [4.78, 5) is 39.9. The normalized spacial score (nSPS) is 14.2. The van der Waals surface area contributed by atoms with E-state index in [1.807, 2.05) is 37.2 Å². The van der Waals surface area contributed by atoms with Crippen molar-refractivity contribution in [3.63, 3.8) is 0 Å². The van der Waals surface area contributed by atoms with Crippen molar-refractivity contribution in [2.45, 2.75) is 20.3 Å². The van der Waals surface area contributed by atoms with E-state index < -0.39 is 5.76 Å². The number of aryl methyl sites for hydroxylation is 2. The fourth-order valence-corrected chi connectivity index (χ4v) is 4.38. The van der Waals surface area contributed by atoms with Gasteiger partial charge in [0.2, 0.25) is 11.8 Å². The van der Waals surface area contributed by atoms with Gasteiger partial charge in [-0.05, 0) is 48.7 Å². The van der Waals surface area contributed by atoms with Gasteiger partial charge in [0.1, 0.15) is 0 Å². The summed E-state index contributed by atoms with van der Waals surface area (Å²) in [6, 6.07) is 5.45. The highest BCUT2D eigenvalue weighted by Gasteiger charge is 2.26. The second-order valence-corrected chi connectivity index (χ2v) is 9.35. The lowest BCUT2D eigenvalue weighted by atomic mass is 10.0. The largest absolute Gasteiger partial charge is 0.437 e. The summed E-state index contributed by atoms with van der Waals surface area (Å²) >= 11 is 0. The second-order valence-electron chi connectivity index (χ2n) is 9.35. The smallest absolute Gasteiger partial charge is 0.388 e. The molecule has 0 saturated carbocycles. The van der Waals surface area contributed by atoms with Crippen LogP contribution in [0.25, 0.3) is 11.5 Å². The van der Waals surface area contributed by atoms with Crippen molar-refractivity contribution in [2.24, 2.45) is 7.05 Å². The van der Waals surface area contributed by atoms with E-state index in [-0.39, 0.29) is 30.8 Å². The summed E-state index contributed by atoms with van der Waals surface area (Å²) in [6.45, 7) is 6.46. The number of fused-ring (bicyclic) bond motifs is 1. The number of nitrogens with one attached hydrogen (secondary N) is 2. The number of amides is 2. The number of nitrogens with zero attached hydrogens (tertiary/aromatic N) is 5. The number of carbonyl (C=O) groups excluding carboxylic acids is 2. The van der Waals surface area contributed by atoms with Gasteiger partial charge < -0.3 is 20.0 Å². The van der Waals surface area contributed by atoms with Crippen LogP contribution < -0.4 is 21.3 Å². The van der Waals surface area contributed by atoms with Gasteiger partial charge in [-0.1, -0.05) is 31.2 Å². The van der Waals surface area contributed by atoms with Crippen LogP contribution in [0.2, 0.25) is 0 Å². The molecule has 2 amide bonds. The van der Waals surface area contributed by atoms with Gasteiger partial charge >= 0.3 is 5.76 Å². The zero-order chi connectivity index (χ0) is 27.2. The van der Waals surface area contributed by atoms with E-state index in [9.17, 15) is 14.4 Å². The number of anilines is 1. The van der Waals surface area contributed by atoms with E-state index in [2.05, 4.69) is 27.9 Å². The summed E-state index contributed by atoms with van der Waals surface area (Å²) in [7, 11) is 3.25. The van der Waals surface area contributed by atoms with Crippen LogP contribution in [-0.4, -0.2) is 77.9 Å². The lowest BCUT2D eigenvalue weighted by Crippen LogP contribution is -2.48. The molecule has 11 heteroatoms. The molecule has 2 aromatic rings. The highest BCUT2D eigenvalue weighted by Crippen LogP contribution is 2.29. The molecular weight excluding hydrogens is 486 g/mol. The molecule has 1 aromatic carbocycles. The highest BCUT2D eigenvalue weighted by atomic mass is 16.4. The summed E-state index contributed by atoms with van der Waals surface area (Å²) < 4.78 is 6.38. The van der Waals surface area contributed by atoms with Crippen LogP contribution in [0.15, 0.2) is 63.0 Å². The lowest BCUT2D eigenvalue weighted by molar-refractivity contribution is -0.139. The number of allylic oxidation sites excluding steroid dienone is 3. The fourth-order valence-electron chi connectivity index (χ4n) is 4.38. The fraction of sp³-hybridized carbons (Fsp3) is 0.407. The topological polar surface area (TPSA) is 116 Å². The molecule has 2 aliphatic rings. The highest BCUT2D eigenvalue weighted by molar-refractivity contribution is 5.87. The number of hydrogen-bond acceptors (Lipinski definition) is 8. The molecule has 2 heterocycles. The van der Waals surface area contributed by atoms with Gasteiger partial charge in [0.15, 0.2) is 0 Å². The Bertz CT molecular complexity index is 1340. The van der Waals surface area contributed by atoms with E-state index in [0.29, 0.717) is 30.9 Å². The van der Waals surface area contributed by atoms with Gasteiger partial charge in [-0.25, -0.2) is 4.79 Å². The summed E-state index contributed by atoms with van der Waals surface area (Å²) in [5, 5.41) is 13.7. The molecule has 0 atom stereocenters. The van der Waals surface area contributed by atoms with Gasteiger partial charge in [-0.2, -0.15) is 4.68 Å². The van der Waals surface area contributed by atoms with Crippen LogP contribution in [-0.2, 0) is 16.6 Å². The minimum Gasteiger partial charge on any atom is -0.388 e. The summed E-state index contributed by atoms with van der Waals surface area (Å²) in [6.07, 6.45) is 9.05. The van der Waals surface area contributed by atoms with Gasteiger partial charge in [-0.15, -0.1) is 5.10 Å². The van der Waals surface area contributed by atoms with E-state index >= 15 is 0 Å². The van der Waals surface area contributed by atoms with Gasteiger partial charge in [0.25, 0.3) is 5.91 Å². The quantitative estimate of drug-likeness (QED) is 0.426. The lowest BCUT2D eigenvalue weighted by Gasteiger charge is -2.32. The maximum atomic E-state index is 13.5. The SMILES string of the molecule is CCNCCNC(=O)CN(CC(=O)N(C)N1C=C2CC=CC=C2C1)c1cc(-c2nn(C)c(=O)o2)ccc1C. The van der Waals surface area contributed by atoms with Crippen LogP contribution in [0.4, 0.5) is 5.69 Å². The first-order valence-corrected chi connectivity index (χ1v) is 12.7. The molecular formula is C27H35N7O4. The molecule has 4 rings (SSSR count). The number of rotatable bonds is 11. The van der Waals surface area contributed by atoms with Crippen molar-refractivity contribution in [3.8, 4) is 11.5 Å². The molecule has 202 valence electrons. The molecule has 1 aliphatic carbocycles. The number of carbonyl (C=O) groups is 2. The van der Waals surface area contributed by atoms with Crippen molar-refractivity contribution in [2.75, 3.05) is 51.2 Å². The average molecular weight is 522 g/mol. The average Bonchev–Trinajstić information content (AvgIpc) is 3.49. The number of aromatic nitrogens is 2. The zero-order valence-corrected chi connectivity index (χ0v) is 22.4. The first-order chi connectivity index (χ1) is 18.3. The summed E-state index contributed by atoms with van der Waals surface area (Å²) in [5.74, 6) is -0.756. The minimum absolute atomic E-state index is 0.0155. The predicted octanol–water partition coefficient (Wildman–Crippen LogP) is 1.34. The number of benzene rings is 1. The monoisotopic (exact) mass is 521 g/mol. The molecule has 0 bridgehead atoms. The van der Waals surface area contributed by atoms with Crippen LogP contribution in [0.5, 0.6) is 0 Å². The molecule has 1 aliphatic heterocycles. The van der Waals surface area contributed by atoms with Crippen LogP contribution in [0, 0.1) is 6.92 Å². The van der Waals surface area contributed by atoms with Crippen molar-refractivity contribution < 1.29 is 14.0 Å². The molecule has 0 spiro atoms. The Kier molecular flexibility index (Phi) is 8.47. The third-order valence-electron chi connectivity index (χ3n) is 6.59. The Balaban J connectivity index is 1.56. The number of likely N-dealkylation sites (N-methyl/N-ethyl adjacent to an activating group) is 2. The Morgan fingerprint density at radius 2 is 2.00 bits per heavy atom. The molecule has 0 saturated heterocycles. The molecule has 2 N–H and O–H groups in total. The van der Waals surface area contributed by atoms with Crippen molar-refractivity contribution >= 4 is 17.5 Å². The number of hydrogen-bond donors (Lipinski definition) is 2. The van der Waals surface area contributed by atoms with E-state index in [1.54, 1.807) is 29.1 Å².